The lowest BCUT2D eigenvalue weighted by Crippen LogP contribution is -2.51. The van der Waals surface area contributed by atoms with Gasteiger partial charge in [-0.2, -0.15) is 0 Å². The molecule has 2 rings (SSSR count). The van der Waals surface area contributed by atoms with Crippen LogP contribution in [-0.2, 0) is 25.7 Å². The van der Waals surface area contributed by atoms with E-state index in [1.165, 1.54) is 5.56 Å². The van der Waals surface area contributed by atoms with Crippen molar-refractivity contribution in [2.75, 3.05) is 13.2 Å². The van der Waals surface area contributed by atoms with E-state index in [2.05, 4.69) is 22.8 Å². The van der Waals surface area contributed by atoms with Crippen LogP contribution in [0.2, 0.25) is 0 Å². The predicted molar refractivity (Wildman–Crippen MR) is 90.0 cm³/mol. The first-order valence-electron chi connectivity index (χ1n) is 8.07. The van der Waals surface area contributed by atoms with Crippen LogP contribution in [0.1, 0.15) is 25.3 Å². The Labute approximate surface area is 146 Å². The first-order valence-corrected chi connectivity index (χ1v) is 8.07. The number of carboxylic acid groups (broad SMARTS) is 2. The number of piperidine rings is 1. The van der Waals surface area contributed by atoms with Gasteiger partial charge < -0.3 is 25.6 Å². The Balaban J connectivity index is 0.000000450. The quantitative estimate of drug-likeness (QED) is 0.449. The third-order valence-electron chi connectivity index (χ3n) is 3.61. The van der Waals surface area contributed by atoms with E-state index < -0.39 is 11.9 Å². The van der Waals surface area contributed by atoms with Gasteiger partial charge in [-0.05, 0) is 25.3 Å². The largest absolute Gasteiger partial charge is 0.473 e. The molecule has 0 aliphatic carbocycles. The molecule has 0 aromatic heterocycles. The monoisotopic (exact) mass is 352 g/mol. The number of nitrogens with one attached hydrogen (secondary N) is 2. The summed E-state index contributed by atoms with van der Waals surface area (Å²) in [5.41, 5.74) is 1.29. The number of aliphatic carboxylic acids is 2. The highest BCUT2D eigenvalue weighted by Crippen LogP contribution is 2.10. The van der Waals surface area contributed by atoms with Crippen molar-refractivity contribution in [2.45, 2.75) is 38.4 Å². The molecule has 0 unspecified atom stereocenters. The second-order valence-electron chi connectivity index (χ2n) is 5.46. The van der Waals surface area contributed by atoms with Crippen LogP contribution in [-0.4, -0.2) is 53.4 Å². The van der Waals surface area contributed by atoms with Crippen molar-refractivity contribution in [1.82, 2.24) is 10.6 Å². The Bertz CT molecular complexity index is 544. The molecule has 1 aliphatic heterocycles. The van der Waals surface area contributed by atoms with Crippen LogP contribution in [0.5, 0.6) is 0 Å². The highest BCUT2D eigenvalue weighted by molar-refractivity contribution is 6.27. The molecule has 1 aliphatic rings. The van der Waals surface area contributed by atoms with Gasteiger partial charge in [-0.3, -0.25) is 4.79 Å². The summed E-state index contributed by atoms with van der Waals surface area (Å²) >= 11 is 0. The highest BCUT2D eigenvalue weighted by atomic mass is 16.5. The number of hydrogen-bond acceptors (Lipinski definition) is 6. The maximum atomic E-state index is 11.6. The van der Waals surface area contributed by atoms with Gasteiger partial charge in [0.05, 0.1) is 6.61 Å². The number of rotatable bonds is 5. The van der Waals surface area contributed by atoms with Crippen LogP contribution in [0, 0.1) is 0 Å². The van der Waals surface area contributed by atoms with Gasteiger partial charge in [0, 0.05) is 19.1 Å². The summed E-state index contributed by atoms with van der Waals surface area (Å²) < 4.78 is 5.02. The lowest BCUT2D eigenvalue weighted by Gasteiger charge is -2.29. The number of carbonyl (C=O) groups is 3. The molecule has 0 saturated carbocycles. The molecule has 0 radical (unpaired) electrons. The van der Waals surface area contributed by atoms with E-state index in [1.807, 2.05) is 25.1 Å². The first-order chi connectivity index (χ1) is 11.9. The summed E-state index contributed by atoms with van der Waals surface area (Å²) in [5, 5.41) is 21.6. The van der Waals surface area contributed by atoms with Crippen molar-refractivity contribution in [3.05, 3.63) is 35.9 Å². The van der Waals surface area contributed by atoms with Gasteiger partial charge in [0.2, 0.25) is 0 Å². The lowest BCUT2D eigenvalue weighted by molar-refractivity contribution is -0.159. The Morgan fingerprint density at radius 2 is 1.80 bits per heavy atom. The standard InChI is InChI=1S/C15H22N2O2.C2H2O4/c1-2-19-15(18)14-9-8-13(11-17-14)16-10-12-6-4-3-5-7-12;3-1(4)2(5)6/h3-7,13-14,16-17H,2,8-11H2,1H3;(H,3,4)(H,5,6)/t13-,14-;/m0./s1. The van der Waals surface area contributed by atoms with Crippen LogP contribution in [0.4, 0.5) is 0 Å². The zero-order chi connectivity index (χ0) is 18.7. The molecule has 1 saturated heterocycles. The number of carbonyl (C=O) groups excluding carboxylic acids is 1. The summed E-state index contributed by atoms with van der Waals surface area (Å²) in [4.78, 5) is 29.8. The van der Waals surface area contributed by atoms with E-state index in [0.29, 0.717) is 12.6 Å². The third-order valence-corrected chi connectivity index (χ3v) is 3.61. The molecule has 0 amide bonds. The number of ether oxygens (including phenoxy) is 1. The number of esters is 1. The Morgan fingerprint density at radius 3 is 2.28 bits per heavy atom. The molecule has 1 fully saturated rings. The molecule has 1 aromatic carbocycles. The smallest absolute Gasteiger partial charge is 0.414 e. The Hall–Kier alpha value is -2.45. The van der Waals surface area contributed by atoms with Gasteiger partial charge in [-0.1, -0.05) is 30.3 Å². The summed E-state index contributed by atoms with van der Waals surface area (Å²) in [5.74, 6) is -3.77. The zero-order valence-corrected chi connectivity index (χ0v) is 14.1. The van der Waals surface area contributed by atoms with Crippen molar-refractivity contribution >= 4 is 17.9 Å². The van der Waals surface area contributed by atoms with Gasteiger partial charge in [-0.25, -0.2) is 9.59 Å². The summed E-state index contributed by atoms with van der Waals surface area (Å²) in [7, 11) is 0. The van der Waals surface area contributed by atoms with Crippen molar-refractivity contribution < 1.29 is 29.3 Å². The zero-order valence-electron chi connectivity index (χ0n) is 14.1. The van der Waals surface area contributed by atoms with E-state index in [-0.39, 0.29) is 12.0 Å². The maximum Gasteiger partial charge on any atom is 0.414 e. The molecular weight excluding hydrogens is 328 g/mol. The topological polar surface area (TPSA) is 125 Å². The lowest BCUT2D eigenvalue weighted by atomic mass is 10.0. The number of carboxylic acids is 2. The van der Waals surface area contributed by atoms with Crippen LogP contribution in [0.25, 0.3) is 0 Å². The van der Waals surface area contributed by atoms with E-state index in [0.717, 1.165) is 25.9 Å². The van der Waals surface area contributed by atoms with Gasteiger partial charge in [0.1, 0.15) is 6.04 Å². The van der Waals surface area contributed by atoms with Crippen molar-refractivity contribution in [3.8, 4) is 0 Å². The fourth-order valence-corrected chi connectivity index (χ4v) is 2.33. The molecule has 1 aromatic rings. The Kier molecular flexibility index (Phi) is 9.20. The Morgan fingerprint density at radius 1 is 1.16 bits per heavy atom. The maximum absolute atomic E-state index is 11.6. The van der Waals surface area contributed by atoms with Crippen LogP contribution in [0.15, 0.2) is 30.3 Å². The van der Waals surface area contributed by atoms with Crippen LogP contribution < -0.4 is 10.6 Å². The SMILES string of the molecule is CCOC(=O)[C@@H]1CC[C@H](NCc2ccccc2)CN1.O=C(O)C(=O)O. The highest BCUT2D eigenvalue weighted by Gasteiger charge is 2.26. The summed E-state index contributed by atoms with van der Waals surface area (Å²) in [6.45, 7) is 3.98. The van der Waals surface area contributed by atoms with Gasteiger partial charge in [0.15, 0.2) is 0 Å². The average molecular weight is 352 g/mol. The molecule has 4 N–H and O–H groups in total. The molecular formula is C17H24N2O6. The molecule has 0 spiro atoms. The minimum absolute atomic E-state index is 0.121. The van der Waals surface area contributed by atoms with Crippen molar-refractivity contribution in [3.63, 3.8) is 0 Å². The van der Waals surface area contributed by atoms with E-state index in [1.54, 1.807) is 0 Å². The fraction of sp³-hybridized carbons (Fsp3) is 0.471. The molecule has 0 bridgehead atoms. The third kappa shape index (κ3) is 8.27. The molecule has 8 nitrogen and oxygen atoms in total. The number of hydrogen-bond donors (Lipinski definition) is 4. The first kappa shape index (κ1) is 20.6. The van der Waals surface area contributed by atoms with Crippen LogP contribution >= 0.6 is 0 Å². The van der Waals surface area contributed by atoms with Crippen molar-refractivity contribution in [1.29, 1.82) is 0 Å². The summed E-state index contributed by atoms with van der Waals surface area (Å²) in [6, 6.07) is 10.6. The van der Waals surface area contributed by atoms with Crippen molar-refractivity contribution in [2.24, 2.45) is 0 Å². The van der Waals surface area contributed by atoms with Crippen LogP contribution in [0.3, 0.4) is 0 Å². The molecule has 2 atom stereocenters. The summed E-state index contributed by atoms with van der Waals surface area (Å²) in [6.07, 6.45) is 1.84. The van der Waals surface area contributed by atoms with Gasteiger partial charge in [0.25, 0.3) is 0 Å². The van der Waals surface area contributed by atoms with E-state index in [9.17, 15) is 4.79 Å². The van der Waals surface area contributed by atoms with Gasteiger partial charge in [-0.15, -0.1) is 0 Å². The molecule has 8 heteroatoms. The molecule has 1 heterocycles. The molecule has 138 valence electrons. The minimum Gasteiger partial charge on any atom is -0.473 e. The minimum atomic E-state index is -1.82. The normalized spacial score (nSPS) is 19.2. The predicted octanol–water partition coefficient (Wildman–Crippen LogP) is 0.616. The van der Waals surface area contributed by atoms with E-state index >= 15 is 0 Å². The second-order valence-corrected chi connectivity index (χ2v) is 5.46. The van der Waals surface area contributed by atoms with E-state index in [4.69, 9.17) is 24.5 Å². The average Bonchev–Trinajstić information content (AvgIpc) is 2.62. The molecule has 25 heavy (non-hydrogen) atoms. The number of benzene rings is 1. The van der Waals surface area contributed by atoms with Gasteiger partial charge >= 0.3 is 17.9 Å². The fourth-order valence-electron chi connectivity index (χ4n) is 2.33. The second kappa shape index (κ2) is 11.2.